The Kier molecular flexibility index (Phi) is 22.2. The van der Waals surface area contributed by atoms with Crippen molar-refractivity contribution >= 4 is 0 Å². The number of hydrogen-bond acceptors (Lipinski definition) is 25. The van der Waals surface area contributed by atoms with Crippen LogP contribution in [0.25, 0.3) is 10.4 Å². The summed E-state index contributed by atoms with van der Waals surface area (Å²) in [5.41, 5.74) is 10.2. The molecule has 0 aliphatic carbocycles. The van der Waals surface area contributed by atoms with Crippen molar-refractivity contribution in [2.24, 2.45) is 5.11 Å². The highest BCUT2D eigenvalue weighted by Crippen LogP contribution is 2.42. The summed E-state index contributed by atoms with van der Waals surface area (Å²) in [7, 11) is 18.3. The molecule has 7 aliphatic heterocycles. The van der Waals surface area contributed by atoms with Crippen molar-refractivity contribution in [1.29, 1.82) is 0 Å². The molecule has 0 saturated carbocycles. The molecule has 0 N–H and O–H groups in total. The zero-order valence-corrected chi connectivity index (χ0v) is 45.1. The summed E-state index contributed by atoms with van der Waals surface area (Å²) in [5.74, 6) is 0. The van der Waals surface area contributed by atoms with Gasteiger partial charge in [0.05, 0.1) is 39.1 Å². The third-order valence-electron chi connectivity index (χ3n) is 15.0. The van der Waals surface area contributed by atoms with Crippen molar-refractivity contribution in [2.75, 3.05) is 118 Å². The molecule has 26 atom stereocenters. The summed E-state index contributed by atoms with van der Waals surface area (Å²) in [5, 5.41) is 3.90. The van der Waals surface area contributed by atoms with Gasteiger partial charge in [0, 0.05) is 95.8 Å². The van der Waals surface area contributed by atoms with Gasteiger partial charge in [-0.05, 0) is 5.53 Å². The zero-order valence-electron chi connectivity index (χ0n) is 45.1. The minimum absolute atomic E-state index is 0.00555. The molecular formula is C49H77N3O24. The van der Waals surface area contributed by atoms with Gasteiger partial charge >= 0.3 is 0 Å². The second-order valence-corrected chi connectivity index (χ2v) is 19.0. The highest BCUT2D eigenvalue weighted by Gasteiger charge is 2.60. The van der Waals surface area contributed by atoms with Crippen LogP contribution in [0.15, 0.2) is 35.4 Å². The Bertz CT molecular complexity index is 1940. The van der Waals surface area contributed by atoms with Crippen molar-refractivity contribution in [3.63, 3.8) is 0 Å². The molecule has 27 nitrogen and oxygen atoms in total. The number of benzene rings is 1. The summed E-state index contributed by atoms with van der Waals surface area (Å²) < 4.78 is 150. The number of nitrogens with zero attached hydrogens (tertiary/aromatic N) is 3. The monoisotopic (exact) mass is 1090 g/mol. The molecule has 1 aromatic rings. The number of fused-ring (bicyclic) bond motifs is 3. The van der Waals surface area contributed by atoms with Crippen molar-refractivity contribution in [3.8, 4) is 0 Å². The third kappa shape index (κ3) is 12.4. The molecule has 11 unspecified atom stereocenters. The van der Waals surface area contributed by atoms with Gasteiger partial charge in [0.2, 0.25) is 0 Å². The summed E-state index contributed by atoms with van der Waals surface area (Å²) >= 11 is 0. The third-order valence-corrected chi connectivity index (χ3v) is 15.0. The quantitative estimate of drug-likeness (QED) is 0.0752. The maximum Gasteiger partial charge on any atom is 0.187 e. The lowest BCUT2D eigenvalue weighted by Crippen LogP contribution is -2.69. The molecule has 0 spiro atoms. The molecule has 7 fully saturated rings. The van der Waals surface area contributed by atoms with Gasteiger partial charge in [-0.1, -0.05) is 35.4 Å². The van der Waals surface area contributed by atoms with Crippen LogP contribution in [0.4, 0.5) is 0 Å². The lowest BCUT2D eigenvalue weighted by Gasteiger charge is -2.52. The van der Waals surface area contributed by atoms with Crippen LogP contribution in [0.2, 0.25) is 0 Å². The second kappa shape index (κ2) is 28.3. The summed E-state index contributed by atoms with van der Waals surface area (Å²) in [4.78, 5) is 2.99. The normalized spacial score (nSPS) is 44.5. The minimum atomic E-state index is -1.16. The lowest BCUT2D eigenvalue weighted by molar-refractivity contribution is -0.403. The van der Waals surface area contributed by atoms with Crippen LogP contribution in [-0.2, 0) is 114 Å². The van der Waals surface area contributed by atoms with E-state index in [0.717, 1.165) is 5.56 Å². The van der Waals surface area contributed by atoms with Gasteiger partial charge in [0.15, 0.2) is 37.7 Å². The molecule has 2 bridgehead atoms. The Morgan fingerprint density at radius 2 is 0.842 bits per heavy atom. The first-order valence-electron chi connectivity index (χ1n) is 25.2. The smallest absolute Gasteiger partial charge is 0.187 e. The Morgan fingerprint density at radius 1 is 0.434 bits per heavy atom. The number of hydrogen-bond donors (Lipinski definition) is 0. The van der Waals surface area contributed by atoms with E-state index in [0.29, 0.717) is 0 Å². The van der Waals surface area contributed by atoms with E-state index in [-0.39, 0.29) is 33.0 Å². The first-order chi connectivity index (χ1) is 37.1. The Labute approximate surface area is 442 Å². The van der Waals surface area contributed by atoms with E-state index in [4.69, 9.17) is 114 Å². The van der Waals surface area contributed by atoms with Gasteiger partial charge in [-0.2, -0.15) is 0 Å². The Morgan fingerprint density at radius 3 is 1.26 bits per heavy atom. The molecule has 432 valence electrons. The molecule has 1 aromatic carbocycles. The van der Waals surface area contributed by atoms with Gasteiger partial charge in [-0.25, -0.2) is 0 Å². The molecule has 7 heterocycles. The van der Waals surface area contributed by atoms with Crippen LogP contribution >= 0.6 is 0 Å². The zero-order chi connectivity index (χ0) is 54.0. The van der Waals surface area contributed by atoms with E-state index in [1.54, 1.807) is 21.3 Å². The average molecular weight is 1090 g/mol. The first kappa shape index (κ1) is 59.7. The molecule has 0 aromatic heterocycles. The van der Waals surface area contributed by atoms with Crippen LogP contribution in [0.1, 0.15) is 11.9 Å². The Balaban J connectivity index is 0.993. The maximum atomic E-state index is 9.36. The fourth-order valence-electron chi connectivity index (χ4n) is 11.4. The van der Waals surface area contributed by atoms with Crippen molar-refractivity contribution in [1.82, 2.24) is 0 Å². The van der Waals surface area contributed by atoms with Gasteiger partial charge in [0.1, 0.15) is 116 Å². The Hall–Kier alpha value is -2.43. The largest absolute Gasteiger partial charge is 0.382 e. The summed E-state index contributed by atoms with van der Waals surface area (Å²) in [6.45, 7) is 0.429. The van der Waals surface area contributed by atoms with E-state index in [2.05, 4.69) is 10.0 Å². The first-order valence-corrected chi connectivity index (χ1v) is 25.2. The molecule has 0 radical (unpaired) electrons. The number of methoxy groups -OCH3 is 12. The summed E-state index contributed by atoms with van der Waals surface area (Å²) in [6.07, 6.45) is -21.1. The van der Waals surface area contributed by atoms with Gasteiger partial charge in [0.25, 0.3) is 0 Å². The van der Waals surface area contributed by atoms with Gasteiger partial charge < -0.3 is 114 Å². The standard InChI is InChI=1S/C49H77N3O24/c1-53-18-24-31(36(57-5)40(61-9)46(68-24)73-30-27-22-66-45(67-27)29(51-52-50)35(30)56-4)74-47-41(62-10)37(58-6)32(25(69-47)19-54-2)75-48-42(63-11)38(59-7)33(26(70-48)20-55-3)76-49-43(64-12)39(60-8)34-28(71-49)21-65-44(72-34)23-16-14-13-15-17-23/h13-17,24-49H,18-22H2,1-12H3/t24-,25-,26?,27?,28?,29-,30-,31+,32+,33+,34+,35?,36?,37?,38?,39?,40?,41?,42-,43-,44?,45+,46-,47+,48-,49-/m0/s1. The molecule has 76 heavy (non-hydrogen) atoms. The molecule has 7 saturated heterocycles. The van der Waals surface area contributed by atoms with Crippen LogP contribution < -0.4 is 0 Å². The van der Waals surface area contributed by atoms with E-state index in [1.807, 2.05) is 30.3 Å². The van der Waals surface area contributed by atoms with E-state index in [1.165, 1.54) is 64.0 Å². The van der Waals surface area contributed by atoms with E-state index in [9.17, 15) is 5.53 Å². The maximum absolute atomic E-state index is 9.36. The van der Waals surface area contributed by atoms with Crippen LogP contribution in [-0.4, -0.2) is 272 Å². The highest BCUT2D eigenvalue weighted by molar-refractivity contribution is 5.17. The van der Waals surface area contributed by atoms with Gasteiger partial charge in [-0.15, -0.1) is 0 Å². The minimum Gasteiger partial charge on any atom is -0.382 e. The molecular weight excluding hydrogens is 1010 g/mol. The number of rotatable bonds is 25. The van der Waals surface area contributed by atoms with Crippen molar-refractivity contribution in [2.45, 2.75) is 160 Å². The summed E-state index contributed by atoms with van der Waals surface area (Å²) in [6, 6.07) is 8.80. The van der Waals surface area contributed by atoms with Gasteiger partial charge in [-0.3, -0.25) is 0 Å². The van der Waals surface area contributed by atoms with Crippen molar-refractivity contribution in [3.05, 3.63) is 46.3 Å². The fraction of sp³-hybridized carbons (Fsp3) is 0.878. The van der Waals surface area contributed by atoms with Crippen LogP contribution in [0, 0.1) is 0 Å². The predicted octanol–water partition coefficient (Wildman–Crippen LogP) is 1.05. The molecule has 8 rings (SSSR count). The van der Waals surface area contributed by atoms with Crippen LogP contribution in [0.3, 0.4) is 0 Å². The lowest BCUT2D eigenvalue weighted by atomic mass is 9.94. The van der Waals surface area contributed by atoms with Crippen molar-refractivity contribution < 1.29 is 114 Å². The predicted molar refractivity (Wildman–Crippen MR) is 254 cm³/mol. The molecule has 0 amide bonds. The van der Waals surface area contributed by atoms with E-state index < -0.39 is 160 Å². The SMILES string of the molecule is COCC1O[C@@H](O[C@H]2C(OC)C(OC)[C@@H](O[C@H]3C(OC)C(OC)[C@H](O[C@H]4C5CO[C@H](O5)[C@@H](N=[N+]=[N-])C4OC)O[C@H]3COC)O[C@H]2COC)[C@@H](OC)C(OC)[C@@H]1O[C@@H]1OC2COC(c3ccccc3)O[C@H]2C(OC)[C@@H]1OC. The molecule has 27 heteroatoms. The average Bonchev–Trinajstić information content (AvgIpc) is 3.89. The van der Waals surface area contributed by atoms with E-state index >= 15 is 0 Å². The fourth-order valence-corrected chi connectivity index (χ4v) is 11.4. The van der Waals surface area contributed by atoms with Crippen LogP contribution in [0.5, 0.6) is 0 Å². The highest BCUT2D eigenvalue weighted by atomic mass is 16.8. The second-order valence-electron chi connectivity index (χ2n) is 19.0. The number of ether oxygens (including phenoxy) is 24. The molecule has 7 aliphatic rings. The topological polar surface area (TPSA) is 270 Å². The number of azide groups is 1.